The zero-order valence-electron chi connectivity index (χ0n) is 6.10. The van der Waals surface area contributed by atoms with Gasteiger partial charge in [0.05, 0.1) is 5.02 Å². The summed E-state index contributed by atoms with van der Waals surface area (Å²) in [5.41, 5.74) is -1.01. The van der Waals surface area contributed by atoms with E-state index < -0.39 is 22.9 Å². The van der Waals surface area contributed by atoms with Crippen LogP contribution >= 0.6 is 23.2 Å². The van der Waals surface area contributed by atoms with Gasteiger partial charge in [0, 0.05) is 11.8 Å². The van der Waals surface area contributed by atoms with Crippen LogP contribution in [-0.4, -0.2) is 10.2 Å². The Hall–Kier alpha value is -0.740. The highest BCUT2D eigenvalue weighted by atomic mass is 35.5. The molecule has 1 heterocycles. The number of rotatable bonds is 2. The van der Waals surface area contributed by atoms with Crippen LogP contribution in [0.15, 0.2) is 12.3 Å². The molecule has 1 aromatic heterocycles. The lowest BCUT2D eigenvalue weighted by Crippen LogP contribution is -2.01. The summed E-state index contributed by atoms with van der Waals surface area (Å²) in [4.78, 5) is 14.0. The number of carbonyl (C=O) groups excluding carboxylic acids is 1. The summed E-state index contributed by atoms with van der Waals surface area (Å²) in [6.45, 7) is 0. The van der Waals surface area contributed by atoms with Crippen LogP contribution in [-0.2, 0) is 0 Å². The highest BCUT2D eigenvalue weighted by Gasteiger charge is 2.18. The first-order chi connectivity index (χ1) is 6.02. The number of aromatic nitrogens is 1. The van der Waals surface area contributed by atoms with Crippen molar-refractivity contribution in [3.05, 3.63) is 28.5 Å². The molecule has 0 aromatic carbocycles. The molecule has 2 nitrogen and oxygen atoms in total. The number of pyridine rings is 1. The van der Waals surface area contributed by atoms with Gasteiger partial charge >= 0.3 is 0 Å². The molecule has 0 atom stereocenters. The van der Waals surface area contributed by atoms with E-state index in [0.717, 1.165) is 12.3 Å². The summed E-state index contributed by atoms with van der Waals surface area (Å²) in [6, 6.07) is 0.967. The highest BCUT2D eigenvalue weighted by molar-refractivity contribution is 6.67. The van der Waals surface area contributed by atoms with Gasteiger partial charge in [-0.25, -0.2) is 13.8 Å². The Morgan fingerprint density at radius 2 is 2.15 bits per heavy atom. The molecule has 13 heavy (non-hydrogen) atoms. The zero-order valence-corrected chi connectivity index (χ0v) is 7.61. The van der Waals surface area contributed by atoms with Crippen molar-refractivity contribution >= 4 is 28.4 Å². The summed E-state index contributed by atoms with van der Waals surface area (Å²) in [5, 5.41) is -0.982. The first kappa shape index (κ1) is 10.3. The van der Waals surface area contributed by atoms with Crippen LogP contribution in [0.3, 0.4) is 0 Å². The third-order valence-corrected chi connectivity index (χ3v) is 1.69. The van der Waals surface area contributed by atoms with Gasteiger partial charge in [0.25, 0.3) is 11.7 Å². The molecule has 0 unspecified atom stereocenters. The fourth-order valence-electron chi connectivity index (χ4n) is 0.786. The first-order valence-electron chi connectivity index (χ1n) is 3.16. The van der Waals surface area contributed by atoms with Crippen molar-refractivity contribution < 1.29 is 13.6 Å². The zero-order chi connectivity index (χ0) is 10.0. The van der Waals surface area contributed by atoms with E-state index in [1.54, 1.807) is 0 Å². The topological polar surface area (TPSA) is 30.0 Å². The molecule has 0 aliphatic heterocycles. The minimum absolute atomic E-state index is 0.0389. The quantitative estimate of drug-likeness (QED) is 0.725. The average Bonchev–Trinajstić information content (AvgIpc) is 2.03. The minimum atomic E-state index is -2.82. The molecular weight excluding hydrogens is 223 g/mol. The molecule has 0 saturated heterocycles. The molecule has 0 amide bonds. The Kier molecular flexibility index (Phi) is 3.17. The summed E-state index contributed by atoms with van der Waals surface area (Å²) in [7, 11) is 0. The second-order valence-electron chi connectivity index (χ2n) is 2.17. The lowest BCUT2D eigenvalue weighted by Gasteiger charge is -2.03. The third kappa shape index (κ3) is 2.35. The molecular formula is C7H3Cl2F2NO. The van der Waals surface area contributed by atoms with Gasteiger partial charge in [-0.2, -0.15) is 0 Å². The van der Waals surface area contributed by atoms with E-state index in [1.807, 2.05) is 0 Å². The van der Waals surface area contributed by atoms with E-state index >= 15 is 0 Å². The number of carbonyl (C=O) groups is 1. The van der Waals surface area contributed by atoms with Crippen LogP contribution in [0.25, 0.3) is 0 Å². The Bertz CT molecular complexity index is 343. The van der Waals surface area contributed by atoms with Gasteiger partial charge < -0.3 is 0 Å². The molecule has 0 aliphatic carbocycles. The van der Waals surface area contributed by atoms with Crippen LogP contribution in [0.1, 0.15) is 22.5 Å². The van der Waals surface area contributed by atoms with Gasteiger partial charge in [-0.1, -0.05) is 11.6 Å². The van der Waals surface area contributed by atoms with Gasteiger partial charge in [0.2, 0.25) is 0 Å². The van der Waals surface area contributed by atoms with Gasteiger partial charge in [0.15, 0.2) is 0 Å². The Labute approximate surface area is 82.5 Å². The lowest BCUT2D eigenvalue weighted by atomic mass is 10.2. The van der Waals surface area contributed by atoms with Gasteiger partial charge in [-0.15, -0.1) is 0 Å². The summed E-state index contributed by atoms with van der Waals surface area (Å²) < 4.78 is 24.5. The van der Waals surface area contributed by atoms with Crippen molar-refractivity contribution in [1.82, 2.24) is 4.98 Å². The molecule has 0 radical (unpaired) electrons. The molecule has 0 spiro atoms. The molecule has 6 heteroatoms. The smallest absolute Gasteiger partial charge is 0.271 e. The lowest BCUT2D eigenvalue weighted by molar-refractivity contribution is 0.106. The van der Waals surface area contributed by atoms with Crippen LogP contribution in [0.4, 0.5) is 8.78 Å². The van der Waals surface area contributed by atoms with Gasteiger partial charge in [-0.3, -0.25) is 4.79 Å². The summed E-state index contributed by atoms with van der Waals surface area (Å²) in [5.74, 6) is 0. The van der Waals surface area contributed by atoms with E-state index in [1.165, 1.54) is 0 Å². The van der Waals surface area contributed by atoms with Crippen molar-refractivity contribution in [2.24, 2.45) is 0 Å². The van der Waals surface area contributed by atoms with Crippen LogP contribution < -0.4 is 0 Å². The second kappa shape index (κ2) is 3.98. The molecule has 0 saturated carbocycles. The van der Waals surface area contributed by atoms with Crippen molar-refractivity contribution in [2.45, 2.75) is 6.43 Å². The normalized spacial score (nSPS) is 10.5. The monoisotopic (exact) mass is 225 g/mol. The minimum Gasteiger partial charge on any atom is -0.274 e. The van der Waals surface area contributed by atoms with Crippen molar-refractivity contribution in [2.75, 3.05) is 0 Å². The van der Waals surface area contributed by atoms with Crippen LogP contribution in [0.2, 0.25) is 5.02 Å². The number of halogens is 4. The van der Waals surface area contributed by atoms with Crippen molar-refractivity contribution in [1.29, 1.82) is 0 Å². The molecule has 1 aromatic rings. The van der Waals surface area contributed by atoms with E-state index in [0.29, 0.717) is 0 Å². The fraction of sp³-hybridized carbons (Fsp3) is 0.143. The SMILES string of the molecule is O=C(Cl)c1ncc(Cl)cc1C(F)F. The largest absolute Gasteiger partial charge is 0.274 e. The standard InChI is InChI=1S/C7H3Cl2F2NO/c8-3-1-4(7(10)11)5(6(9)13)12-2-3/h1-2,7H. The third-order valence-electron chi connectivity index (χ3n) is 1.31. The number of nitrogens with zero attached hydrogens (tertiary/aromatic N) is 1. The Morgan fingerprint density at radius 1 is 1.54 bits per heavy atom. The van der Waals surface area contributed by atoms with E-state index in [-0.39, 0.29) is 5.02 Å². The molecule has 0 fully saturated rings. The van der Waals surface area contributed by atoms with Crippen molar-refractivity contribution in [3.8, 4) is 0 Å². The molecule has 70 valence electrons. The molecule has 0 N–H and O–H groups in total. The molecule has 0 aliphatic rings. The van der Waals surface area contributed by atoms with Crippen LogP contribution in [0.5, 0.6) is 0 Å². The predicted molar refractivity (Wildman–Crippen MR) is 44.4 cm³/mol. The van der Waals surface area contributed by atoms with Crippen LogP contribution in [0, 0.1) is 0 Å². The van der Waals surface area contributed by atoms with E-state index in [2.05, 4.69) is 4.98 Å². The summed E-state index contributed by atoms with van der Waals surface area (Å²) in [6.07, 6.45) is -1.73. The van der Waals surface area contributed by atoms with Gasteiger partial charge in [0.1, 0.15) is 5.69 Å². The predicted octanol–water partition coefficient (Wildman–Crippen LogP) is 3.05. The first-order valence-corrected chi connectivity index (χ1v) is 3.91. The molecule has 1 rings (SSSR count). The molecule has 0 bridgehead atoms. The fourth-order valence-corrected chi connectivity index (χ4v) is 1.11. The Morgan fingerprint density at radius 3 is 2.62 bits per heavy atom. The van der Waals surface area contributed by atoms with Gasteiger partial charge in [-0.05, 0) is 17.7 Å². The maximum absolute atomic E-state index is 12.3. The average molecular weight is 226 g/mol. The number of hydrogen-bond acceptors (Lipinski definition) is 2. The van der Waals surface area contributed by atoms with E-state index in [9.17, 15) is 13.6 Å². The Balaban J connectivity index is 3.26. The number of hydrogen-bond donors (Lipinski definition) is 0. The van der Waals surface area contributed by atoms with Crippen molar-refractivity contribution in [3.63, 3.8) is 0 Å². The maximum atomic E-state index is 12.3. The highest BCUT2D eigenvalue weighted by Crippen LogP contribution is 2.25. The maximum Gasteiger partial charge on any atom is 0.271 e. The van der Waals surface area contributed by atoms with E-state index in [4.69, 9.17) is 23.2 Å². The number of alkyl halides is 2. The second-order valence-corrected chi connectivity index (χ2v) is 2.95. The summed E-state index contributed by atoms with van der Waals surface area (Å²) >= 11 is 10.4.